The number of aromatic amines is 1. The number of carbonyl (C=O) groups is 2. The van der Waals surface area contributed by atoms with Crippen LogP contribution in [-0.4, -0.2) is 33.8 Å². The number of carboxylic acid groups (broad SMARTS) is 1. The molecule has 0 saturated heterocycles. The van der Waals surface area contributed by atoms with Crippen molar-refractivity contribution >= 4 is 12.0 Å². The number of nitrogens with zero attached hydrogens (tertiary/aromatic N) is 1. The molecule has 0 aromatic carbocycles. The Labute approximate surface area is 92.2 Å². The second-order valence-corrected chi connectivity index (χ2v) is 3.41. The lowest BCUT2D eigenvalue weighted by atomic mass is 10.2. The predicted molar refractivity (Wildman–Crippen MR) is 55.6 cm³/mol. The fourth-order valence-corrected chi connectivity index (χ4v) is 0.952. The topological polar surface area (TPSA) is 107 Å². The molecule has 1 heterocycles. The number of H-pyrrole nitrogens is 1. The molecule has 88 valence electrons. The summed E-state index contributed by atoms with van der Waals surface area (Å²) in [4.78, 5) is 21.7. The molecule has 1 aromatic heterocycles. The second-order valence-electron chi connectivity index (χ2n) is 3.41. The lowest BCUT2D eigenvalue weighted by Gasteiger charge is -2.09. The van der Waals surface area contributed by atoms with Crippen LogP contribution < -0.4 is 10.6 Å². The smallest absolute Gasteiger partial charge is 0.315 e. The summed E-state index contributed by atoms with van der Waals surface area (Å²) in [5.41, 5.74) is 0.849. The van der Waals surface area contributed by atoms with Crippen molar-refractivity contribution in [1.82, 2.24) is 20.8 Å². The fraction of sp³-hybridized carbons (Fsp3) is 0.444. The molecular formula is C9H14N4O3. The summed E-state index contributed by atoms with van der Waals surface area (Å²) >= 11 is 0. The Hall–Kier alpha value is -2.05. The summed E-state index contributed by atoms with van der Waals surface area (Å²) in [6.45, 7) is 1.98. The highest BCUT2D eigenvalue weighted by Crippen LogP contribution is 1.93. The number of hydrogen-bond donors (Lipinski definition) is 4. The zero-order chi connectivity index (χ0) is 12.0. The summed E-state index contributed by atoms with van der Waals surface area (Å²) in [6, 6.07) is -0.394. The molecule has 0 spiro atoms. The zero-order valence-corrected chi connectivity index (χ0v) is 8.86. The molecule has 0 aliphatic rings. The van der Waals surface area contributed by atoms with E-state index in [1.165, 1.54) is 6.92 Å². The molecule has 7 nitrogen and oxygen atoms in total. The summed E-state index contributed by atoms with van der Waals surface area (Å²) in [5.74, 6) is -1.53. The number of rotatable bonds is 5. The minimum Gasteiger partial charge on any atom is -0.481 e. The fourth-order valence-electron chi connectivity index (χ4n) is 0.952. The maximum absolute atomic E-state index is 11.2. The molecule has 0 bridgehead atoms. The van der Waals surface area contributed by atoms with Crippen molar-refractivity contribution in [3.8, 4) is 0 Å². The van der Waals surface area contributed by atoms with E-state index in [2.05, 4.69) is 20.8 Å². The maximum atomic E-state index is 11.2. The molecule has 1 atom stereocenters. The van der Waals surface area contributed by atoms with Gasteiger partial charge >= 0.3 is 12.0 Å². The van der Waals surface area contributed by atoms with Gasteiger partial charge in [-0.3, -0.25) is 9.89 Å². The third-order valence-electron chi connectivity index (χ3n) is 2.00. The van der Waals surface area contributed by atoms with E-state index in [1.807, 2.05) is 0 Å². The van der Waals surface area contributed by atoms with Gasteiger partial charge < -0.3 is 15.7 Å². The average Bonchev–Trinajstić information content (AvgIpc) is 2.75. The van der Waals surface area contributed by atoms with Crippen molar-refractivity contribution < 1.29 is 14.7 Å². The largest absolute Gasteiger partial charge is 0.481 e. The minimum absolute atomic E-state index is 0.104. The molecule has 0 fully saturated rings. The van der Waals surface area contributed by atoms with Crippen LogP contribution in [0.15, 0.2) is 12.4 Å². The molecule has 2 amide bonds. The number of urea groups is 1. The minimum atomic E-state index is -0.935. The van der Waals surface area contributed by atoms with Gasteiger partial charge in [0.1, 0.15) is 0 Å². The number of nitrogens with one attached hydrogen (secondary N) is 3. The molecule has 16 heavy (non-hydrogen) atoms. The van der Waals surface area contributed by atoms with E-state index in [4.69, 9.17) is 5.11 Å². The van der Waals surface area contributed by atoms with Crippen molar-refractivity contribution in [3.63, 3.8) is 0 Å². The molecule has 1 unspecified atom stereocenters. The molecule has 0 radical (unpaired) electrons. The van der Waals surface area contributed by atoms with E-state index in [0.29, 0.717) is 6.54 Å². The SMILES string of the molecule is CC(CNC(=O)NCc1cn[nH]c1)C(=O)O. The van der Waals surface area contributed by atoms with Crippen LogP contribution in [0.2, 0.25) is 0 Å². The molecule has 7 heteroatoms. The van der Waals surface area contributed by atoms with E-state index < -0.39 is 17.9 Å². The van der Waals surface area contributed by atoms with Crippen LogP contribution in [0.25, 0.3) is 0 Å². The van der Waals surface area contributed by atoms with E-state index in [1.54, 1.807) is 12.4 Å². The first-order chi connectivity index (χ1) is 7.59. The Morgan fingerprint density at radius 2 is 2.31 bits per heavy atom. The number of carbonyl (C=O) groups excluding carboxylic acids is 1. The number of aliphatic carboxylic acids is 1. The van der Waals surface area contributed by atoms with Crippen LogP contribution in [0.1, 0.15) is 12.5 Å². The average molecular weight is 226 g/mol. The third kappa shape index (κ3) is 3.99. The number of aromatic nitrogens is 2. The Morgan fingerprint density at radius 1 is 1.56 bits per heavy atom. The zero-order valence-electron chi connectivity index (χ0n) is 8.86. The highest BCUT2D eigenvalue weighted by atomic mass is 16.4. The Morgan fingerprint density at radius 3 is 2.88 bits per heavy atom. The van der Waals surface area contributed by atoms with Crippen LogP contribution in [0.5, 0.6) is 0 Å². The van der Waals surface area contributed by atoms with Gasteiger partial charge in [-0.1, -0.05) is 6.92 Å². The van der Waals surface area contributed by atoms with Crippen molar-refractivity contribution in [2.45, 2.75) is 13.5 Å². The van der Waals surface area contributed by atoms with Crippen LogP contribution in [0.4, 0.5) is 4.79 Å². The molecule has 0 aliphatic carbocycles. The Balaban J connectivity index is 2.19. The summed E-state index contributed by atoms with van der Waals surface area (Å²) < 4.78 is 0. The van der Waals surface area contributed by atoms with Gasteiger partial charge in [0.05, 0.1) is 12.1 Å². The quantitative estimate of drug-likeness (QED) is 0.563. The first-order valence-electron chi connectivity index (χ1n) is 4.81. The van der Waals surface area contributed by atoms with Crippen molar-refractivity contribution in [3.05, 3.63) is 18.0 Å². The van der Waals surface area contributed by atoms with E-state index in [9.17, 15) is 9.59 Å². The highest BCUT2D eigenvalue weighted by molar-refractivity contribution is 5.75. The van der Waals surface area contributed by atoms with Gasteiger partial charge in [0.15, 0.2) is 0 Å². The number of hydrogen-bond acceptors (Lipinski definition) is 3. The number of amides is 2. The summed E-state index contributed by atoms with van der Waals surface area (Å²) in [6.07, 6.45) is 3.26. The van der Waals surface area contributed by atoms with Crippen LogP contribution in [-0.2, 0) is 11.3 Å². The normalized spacial score (nSPS) is 11.8. The lowest BCUT2D eigenvalue weighted by Crippen LogP contribution is -2.38. The lowest BCUT2D eigenvalue weighted by molar-refractivity contribution is -0.140. The highest BCUT2D eigenvalue weighted by Gasteiger charge is 2.11. The van der Waals surface area contributed by atoms with E-state index in [-0.39, 0.29) is 6.54 Å². The van der Waals surface area contributed by atoms with E-state index in [0.717, 1.165) is 5.56 Å². The first kappa shape index (κ1) is 12.0. The van der Waals surface area contributed by atoms with Gasteiger partial charge in [0.2, 0.25) is 0 Å². The monoisotopic (exact) mass is 226 g/mol. The number of carboxylic acids is 1. The molecule has 1 rings (SSSR count). The Bertz CT molecular complexity index is 350. The van der Waals surface area contributed by atoms with Crippen molar-refractivity contribution in [2.75, 3.05) is 6.54 Å². The van der Waals surface area contributed by atoms with Crippen LogP contribution in [0, 0.1) is 5.92 Å². The third-order valence-corrected chi connectivity index (χ3v) is 2.00. The van der Waals surface area contributed by atoms with Crippen molar-refractivity contribution in [1.29, 1.82) is 0 Å². The van der Waals surface area contributed by atoms with Gasteiger partial charge in [-0.25, -0.2) is 4.79 Å². The molecular weight excluding hydrogens is 212 g/mol. The van der Waals surface area contributed by atoms with Gasteiger partial charge in [-0.05, 0) is 0 Å². The second kappa shape index (κ2) is 5.74. The van der Waals surface area contributed by atoms with Crippen LogP contribution >= 0.6 is 0 Å². The van der Waals surface area contributed by atoms with Gasteiger partial charge in [-0.15, -0.1) is 0 Å². The predicted octanol–water partition coefficient (Wildman–Crippen LogP) is -0.0704. The standard InChI is InChI=1S/C9H14N4O3/c1-6(8(14)15)2-10-9(16)11-3-7-4-12-13-5-7/h4-6H,2-3H2,1H3,(H,12,13)(H,14,15)(H2,10,11,16). The van der Waals surface area contributed by atoms with Gasteiger partial charge in [0, 0.05) is 24.8 Å². The van der Waals surface area contributed by atoms with Gasteiger partial charge in [-0.2, -0.15) is 5.10 Å². The Kier molecular flexibility index (Phi) is 4.31. The van der Waals surface area contributed by atoms with Gasteiger partial charge in [0.25, 0.3) is 0 Å². The summed E-state index contributed by atoms with van der Waals surface area (Å²) in [7, 11) is 0. The molecule has 4 N–H and O–H groups in total. The molecule has 0 saturated carbocycles. The van der Waals surface area contributed by atoms with E-state index >= 15 is 0 Å². The first-order valence-corrected chi connectivity index (χ1v) is 4.81. The molecule has 0 aliphatic heterocycles. The molecule has 1 aromatic rings. The van der Waals surface area contributed by atoms with Crippen LogP contribution in [0.3, 0.4) is 0 Å². The van der Waals surface area contributed by atoms with Crippen molar-refractivity contribution in [2.24, 2.45) is 5.92 Å². The summed E-state index contributed by atoms with van der Waals surface area (Å²) in [5, 5.41) is 20.0. The maximum Gasteiger partial charge on any atom is 0.315 e.